The second-order valence-corrected chi connectivity index (χ2v) is 5.84. The van der Waals surface area contributed by atoms with Crippen LogP contribution in [0.25, 0.3) is 18.5 Å². The van der Waals surface area contributed by atoms with Crippen molar-refractivity contribution in [2.75, 3.05) is 14.1 Å². The molecule has 0 spiro atoms. The minimum Gasteiger partial charge on any atom is -0.383 e. The van der Waals surface area contributed by atoms with Crippen LogP contribution in [0.5, 0.6) is 0 Å². The predicted molar refractivity (Wildman–Crippen MR) is 84.3 cm³/mol. The molecular formula is C14H12Cl2F3N3O. The highest BCUT2D eigenvalue weighted by molar-refractivity contribution is 6.37. The molecule has 0 fully saturated rings. The average Bonchev–Trinajstić information content (AvgIpc) is 2.64. The van der Waals surface area contributed by atoms with Gasteiger partial charge in [0.2, 0.25) is 0 Å². The molecule has 0 saturated heterocycles. The third kappa shape index (κ3) is 3.40. The van der Waals surface area contributed by atoms with Crippen LogP contribution in [0.2, 0.25) is 10.0 Å². The van der Waals surface area contributed by atoms with Crippen molar-refractivity contribution in [3.05, 3.63) is 48.7 Å². The first-order valence-electron chi connectivity index (χ1n) is 6.27. The zero-order valence-electron chi connectivity index (χ0n) is 12.1. The van der Waals surface area contributed by atoms with Crippen LogP contribution in [-0.2, 0) is 6.18 Å². The Kier molecular flexibility index (Phi) is 4.54. The lowest BCUT2D eigenvalue weighted by atomic mass is 10.2. The molecule has 4 nitrogen and oxygen atoms in total. The maximum Gasteiger partial charge on any atom is 0.416 e. The molecule has 2 aromatic rings. The van der Waals surface area contributed by atoms with Gasteiger partial charge in [-0.2, -0.15) is 13.2 Å². The number of benzene rings is 1. The van der Waals surface area contributed by atoms with Gasteiger partial charge in [0.05, 0.1) is 26.2 Å². The Hall–Kier alpha value is -1.86. The number of H-pyrrole nitrogens is 1. The van der Waals surface area contributed by atoms with Crippen molar-refractivity contribution in [1.82, 2.24) is 14.7 Å². The van der Waals surface area contributed by atoms with E-state index in [2.05, 4.69) is 11.7 Å². The molecule has 0 aliphatic heterocycles. The summed E-state index contributed by atoms with van der Waals surface area (Å²) in [6, 6.07) is 1.43. The van der Waals surface area contributed by atoms with Crippen molar-refractivity contribution in [1.29, 1.82) is 0 Å². The molecule has 0 bridgehead atoms. The number of halogens is 5. The van der Waals surface area contributed by atoms with Crippen LogP contribution in [0.1, 0.15) is 5.56 Å². The van der Waals surface area contributed by atoms with Gasteiger partial charge in [0, 0.05) is 20.3 Å². The SMILES string of the molecule is C=c1[nH]n(-c2c(Cl)cc(C(F)(F)F)cc2Cl)c(=O)c1=CN(C)C. The lowest BCUT2D eigenvalue weighted by Gasteiger charge is -2.12. The van der Waals surface area contributed by atoms with E-state index in [9.17, 15) is 18.0 Å². The van der Waals surface area contributed by atoms with E-state index >= 15 is 0 Å². The van der Waals surface area contributed by atoms with Crippen LogP contribution < -0.4 is 16.1 Å². The Balaban J connectivity index is 2.75. The van der Waals surface area contributed by atoms with E-state index in [0.717, 1.165) is 4.68 Å². The van der Waals surface area contributed by atoms with Crippen LogP contribution in [0.4, 0.5) is 13.2 Å². The fourth-order valence-corrected chi connectivity index (χ4v) is 2.64. The Bertz CT molecular complexity index is 890. The third-order valence-electron chi connectivity index (χ3n) is 2.96. The number of nitrogens with one attached hydrogen (secondary N) is 1. The number of nitrogens with zero attached hydrogens (tertiary/aromatic N) is 2. The quantitative estimate of drug-likeness (QED) is 0.886. The molecule has 0 saturated carbocycles. The molecule has 1 aromatic carbocycles. The van der Waals surface area contributed by atoms with E-state index in [0.29, 0.717) is 12.1 Å². The molecule has 0 aliphatic carbocycles. The standard InChI is InChI=1S/C14H12Cl2F3N3O/c1-7-9(6-21(2)3)13(23)22(20-7)12-10(15)4-8(5-11(12)16)14(17,18)19/h4-6,20H,1H2,2-3H3. The van der Waals surface area contributed by atoms with E-state index < -0.39 is 17.3 Å². The van der Waals surface area contributed by atoms with E-state index in [1.54, 1.807) is 19.0 Å². The zero-order valence-corrected chi connectivity index (χ0v) is 13.6. The normalized spacial score (nSPS) is 12.7. The van der Waals surface area contributed by atoms with Gasteiger partial charge in [-0.15, -0.1) is 0 Å². The van der Waals surface area contributed by atoms with Crippen LogP contribution in [0, 0.1) is 0 Å². The lowest BCUT2D eigenvalue weighted by Crippen LogP contribution is -2.36. The van der Waals surface area contributed by atoms with Crippen molar-refractivity contribution in [2.45, 2.75) is 6.18 Å². The van der Waals surface area contributed by atoms with E-state index in [4.69, 9.17) is 23.2 Å². The number of aromatic nitrogens is 2. The summed E-state index contributed by atoms with van der Waals surface area (Å²) < 4.78 is 39.3. The molecule has 0 unspecified atom stereocenters. The highest BCUT2D eigenvalue weighted by atomic mass is 35.5. The van der Waals surface area contributed by atoms with Gasteiger partial charge < -0.3 is 4.90 Å². The largest absolute Gasteiger partial charge is 0.416 e. The van der Waals surface area contributed by atoms with Crippen LogP contribution in [-0.4, -0.2) is 28.8 Å². The summed E-state index contributed by atoms with van der Waals surface area (Å²) in [5, 5.41) is 2.60. The van der Waals surface area contributed by atoms with E-state index in [1.807, 2.05) is 0 Å². The number of alkyl halides is 3. The van der Waals surface area contributed by atoms with Gasteiger partial charge in [0.15, 0.2) is 0 Å². The molecule has 1 heterocycles. The molecule has 9 heteroatoms. The van der Waals surface area contributed by atoms with Gasteiger partial charge in [-0.1, -0.05) is 29.8 Å². The molecule has 0 radical (unpaired) electrons. The second kappa shape index (κ2) is 5.98. The highest BCUT2D eigenvalue weighted by Gasteiger charge is 2.32. The van der Waals surface area contributed by atoms with Gasteiger partial charge in [0.1, 0.15) is 5.69 Å². The molecule has 0 atom stereocenters. The van der Waals surface area contributed by atoms with Crippen molar-refractivity contribution in [3.8, 4) is 5.69 Å². The minimum atomic E-state index is -4.59. The minimum absolute atomic E-state index is 0.0605. The third-order valence-corrected chi connectivity index (χ3v) is 3.54. The Morgan fingerprint density at radius 3 is 2.22 bits per heavy atom. The van der Waals surface area contributed by atoms with Crippen molar-refractivity contribution in [3.63, 3.8) is 0 Å². The Morgan fingerprint density at radius 1 is 1.26 bits per heavy atom. The lowest BCUT2D eigenvalue weighted by molar-refractivity contribution is -0.137. The summed E-state index contributed by atoms with van der Waals surface area (Å²) in [5.74, 6) is 0. The Morgan fingerprint density at radius 2 is 1.78 bits per heavy atom. The van der Waals surface area contributed by atoms with Crippen molar-refractivity contribution < 1.29 is 13.2 Å². The summed E-state index contributed by atoms with van der Waals surface area (Å²) in [6.45, 7) is 3.70. The first-order valence-corrected chi connectivity index (χ1v) is 7.03. The van der Waals surface area contributed by atoms with Crippen LogP contribution in [0.3, 0.4) is 0 Å². The maximum atomic E-state index is 12.8. The molecule has 2 rings (SSSR count). The van der Waals surface area contributed by atoms with E-state index in [-0.39, 0.29) is 26.3 Å². The number of hydrogen-bond donors (Lipinski definition) is 1. The molecule has 0 aliphatic rings. The average molecular weight is 366 g/mol. The first kappa shape index (κ1) is 17.5. The monoisotopic (exact) mass is 365 g/mol. The molecule has 0 amide bonds. The van der Waals surface area contributed by atoms with Gasteiger partial charge in [-0.25, -0.2) is 4.68 Å². The fourth-order valence-electron chi connectivity index (χ4n) is 1.99. The summed E-state index contributed by atoms with van der Waals surface area (Å²) in [4.78, 5) is 14.0. The molecule has 124 valence electrons. The van der Waals surface area contributed by atoms with Gasteiger partial charge in [0.25, 0.3) is 5.56 Å². The number of rotatable bonds is 2. The zero-order chi connectivity index (χ0) is 17.5. The van der Waals surface area contributed by atoms with Crippen molar-refractivity contribution >= 4 is 36.0 Å². The van der Waals surface area contributed by atoms with E-state index in [1.165, 1.54) is 6.20 Å². The maximum absolute atomic E-state index is 12.8. The van der Waals surface area contributed by atoms with Gasteiger partial charge in [-0.3, -0.25) is 9.89 Å². The van der Waals surface area contributed by atoms with Crippen molar-refractivity contribution in [2.24, 2.45) is 0 Å². The topological polar surface area (TPSA) is 41.0 Å². The van der Waals surface area contributed by atoms with Crippen LogP contribution in [0.15, 0.2) is 16.9 Å². The molecule has 1 N–H and O–H groups in total. The summed E-state index contributed by atoms with van der Waals surface area (Å²) in [6.07, 6.45) is -3.06. The predicted octanol–water partition coefficient (Wildman–Crippen LogP) is 2.20. The number of hydrogen-bond acceptors (Lipinski definition) is 2. The second-order valence-electron chi connectivity index (χ2n) is 5.02. The summed E-state index contributed by atoms with van der Waals surface area (Å²) in [7, 11) is 3.43. The summed E-state index contributed by atoms with van der Waals surface area (Å²) >= 11 is 11.8. The molecule has 23 heavy (non-hydrogen) atoms. The molecular weight excluding hydrogens is 354 g/mol. The Labute approximate surface area is 139 Å². The highest BCUT2D eigenvalue weighted by Crippen LogP contribution is 2.36. The summed E-state index contributed by atoms with van der Waals surface area (Å²) in [5.41, 5.74) is -1.58. The van der Waals surface area contributed by atoms with Crippen LogP contribution >= 0.6 is 23.2 Å². The molecule has 1 aromatic heterocycles. The fraction of sp³-hybridized carbons (Fsp3) is 0.214. The smallest absolute Gasteiger partial charge is 0.383 e. The number of aromatic amines is 1. The van der Waals surface area contributed by atoms with Gasteiger partial charge in [-0.05, 0) is 12.1 Å². The van der Waals surface area contributed by atoms with Gasteiger partial charge >= 0.3 is 6.18 Å². The first-order chi connectivity index (χ1) is 10.5.